The van der Waals surface area contributed by atoms with Gasteiger partial charge in [-0.05, 0) is 56.2 Å². The molecule has 0 spiro atoms. The molecular formula is C13H19N3S. The first-order valence-electron chi connectivity index (χ1n) is 6.15. The van der Waals surface area contributed by atoms with E-state index in [9.17, 15) is 0 Å². The van der Waals surface area contributed by atoms with E-state index in [2.05, 4.69) is 16.0 Å². The van der Waals surface area contributed by atoms with Crippen LogP contribution >= 0.6 is 12.2 Å². The Morgan fingerprint density at radius 3 is 2.65 bits per heavy atom. The SMILES string of the molecule is S=C(NCC1CCNCC1)Nc1ccccc1. The summed E-state index contributed by atoms with van der Waals surface area (Å²) in [7, 11) is 0. The number of hydrogen-bond donors (Lipinski definition) is 3. The van der Waals surface area contributed by atoms with E-state index in [-0.39, 0.29) is 0 Å². The van der Waals surface area contributed by atoms with E-state index in [1.165, 1.54) is 12.8 Å². The maximum atomic E-state index is 5.27. The largest absolute Gasteiger partial charge is 0.362 e. The number of nitrogens with one attached hydrogen (secondary N) is 3. The fourth-order valence-corrected chi connectivity index (χ4v) is 2.22. The van der Waals surface area contributed by atoms with E-state index >= 15 is 0 Å². The monoisotopic (exact) mass is 249 g/mol. The average Bonchev–Trinajstić information content (AvgIpc) is 2.39. The van der Waals surface area contributed by atoms with Crippen LogP contribution in [0.15, 0.2) is 30.3 Å². The molecule has 0 atom stereocenters. The molecule has 4 heteroatoms. The topological polar surface area (TPSA) is 36.1 Å². The maximum Gasteiger partial charge on any atom is 0.170 e. The van der Waals surface area contributed by atoms with Gasteiger partial charge in [0.2, 0.25) is 0 Å². The minimum absolute atomic E-state index is 0.717. The Labute approximate surface area is 108 Å². The highest BCUT2D eigenvalue weighted by atomic mass is 32.1. The van der Waals surface area contributed by atoms with Crippen LogP contribution in [0, 0.1) is 5.92 Å². The molecule has 1 aromatic carbocycles. The molecule has 1 aliphatic rings. The van der Waals surface area contributed by atoms with Gasteiger partial charge in [0.05, 0.1) is 0 Å². The molecule has 0 unspecified atom stereocenters. The molecule has 3 nitrogen and oxygen atoms in total. The van der Waals surface area contributed by atoms with Gasteiger partial charge in [-0.25, -0.2) is 0 Å². The van der Waals surface area contributed by atoms with Crippen LogP contribution in [-0.4, -0.2) is 24.7 Å². The third-order valence-corrected chi connectivity index (χ3v) is 3.29. The summed E-state index contributed by atoms with van der Waals surface area (Å²) in [6.07, 6.45) is 2.47. The highest BCUT2D eigenvalue weighted by Crippen LogP contribution is 2.10. The second-order valence-electron chi connectivity index (χ2n) is 4.39. The zero-order valence-corrected chi connectivity index (χ0v) is 10.7. The molecule has 1 fully saturated rings. The summed E-state index contributed by atoms with van der Waals surface area (Å²) in [5.74, 6) is 0.742. The van der Waals surface area contributed by atoms with E-state index < -0.39 is 0 Å². The molecule has 0 radical (unpaired) electrons. The van der Waals surface area contributed by atoms with Crippen LogP contribution in [0.5, 0.6) is 0 Å². The second kappa shape index (κ2) is 6.57. The van der Waals surface area contributed by atoms with Crippen molar-refractivity contribution in [3.63, 3.8) is 0 Å². The standard InChI is InChI=1S/C13H19N3S/c17-13(16-12-4-2-1-3-5-12)15-10-11-6-8-14-9-7-11/h1-5,11,14H,6-10H2,(H2,15,16,17). The lowest BCUT2D eigenvalue weighted by Crippen LogP contribution is -2.37. The first kappa shape index (κ1) is 12.3. The van der Waals surface area contributed by atoms with Crippen molar-refractivity contribution in [2.75, 3.05) is 25.0 Å². The van der Waals surface area contributed by atoms with Crippen LogP contribution in [0.2, 0.25) is 0 Å². The van der Waals surface area contributed by atoms with Crippen molar-refractivity contribution < 1.29 is 0 Å². The summed E-state index contributed by atoms with van der Waals surface area (Å²) < 4.78 is 0. The molecular weight excluding hydrogens is 230 g/mol. The van der Waals surface area contributed by atoms with Crippen LogP contribution in [0.3, 0.4) is 0 Å². The van der Waals surface area contributed by atoms with E-state index in [1.807, 2.05) is 30.3 Å². The second-order valence-corrected chi connectivity index (χ2v) is 4.80. The van der Waals surface area contributed by atoms with E-state index in [1.54, 1.807) is 0 Å². The molecule has 1 saturated heterocycles. The van der Waals surface area contributed by atoms with Crippen molar-refractivity contribution in [2.45, 2.75) is 12.8 Å². The first-order chi connectivity index (χ1) is 8.34. The summed E-state index contributed by atoms with van der Waals surface area (Å²) in [4.78, 5) is 0. The lowest BCUT2D eigenvalue weighted by Gasteiger charge is -2.23. The minimum Gasteiger partial charge on any atom is -0.362 e. The van der Waals surface area contributed by atoms with Crippen LogP contribution in [0.25, 0.3) is 0 Å². The van der Waals surface area contributed by atoms with Crippen molar-refractivity contribution in [2.24, 2.45) is 5.92 Å². The van der Waals surface area contributed by atoms with Crippen molar-refractivity contribution in [1.82, 2.24) is 10.6 Å². The number of piperidine rings is 1. The predicted molar refractivity (Wildman–Crippen MR) is 76.3 cm³/mol. The van der Waals surface area contributed by atoms with Gasteiger partial charge in [0.25, 0.3) is 0 Å². The molecule has 0 bridgehead atoms. The molecule has 0 aromatic heterocycles. The molecule has 3 N–H and O–H groups in total. The Bertz CT molecular complexity index is 347. The summed E-state index contributed by atoms with van der Waals surface area (Å²) in [5, 5.41) is 10.6. The Kier molecular flexibility index (Phi) is 4.76. The van der Waals surface area contributed by atoms with Crippen LogP contribution in [-0.2, 0) is 0 Å². The van der Waals surface area contributed by atoms with Gasteiger partial charge in [-0.2, -0.15) is 0 Å². The first-order valence-corrected chi connectivity index (χ1v) is 6.56. The number of thiocarbonyl (C=S) groups is 1. The number of benzene rings is 1. The highest BCUT2D eigenvalue weighted by molar-refractivity contribution is 7.80. The van der Waals surface area contributed by atoms with Crippen LogP contribution in [0.4, 0.5) is 5.69 Å². The van der Waals surface area contributed by atoms with E-state index in [4.69, 9.17) is 12.2 Å². The van der Waals surface area contributed by atoms with Gasteiger partial charge in [-0.3, -0.25) is 0 Å². The molecule has 0 amide bonds. The molecule has 1 heterocycles. The number of para-hydroxylation sites is 1. The molecule has 1 aliphatic heterocycles. The van der Waals surface area contributed by atoms with Gasteiger partial charge in [0, 0.05) is 12.2 Å². The van der Waals surface area contributed by atoms with Crippen molar-refractivity contribution in [1.29, 1.82) is 0 Å². The lowest BCUT2D eigenvalue weighted by atomic mass is 9.98. The van der Waals surface area contributed by atoms with Gasteiger partial charge in [-0.1, -0.05) is 18.2 Å². The number of anilines is 1. The zero-order valence-electron chi connectivity index (χ0n) is 9.91. The van der Waals surface area contributed by atoms with Crippen molar-refractivity contribution >= 4 is 23.0 Å². The summed E-state index contributed by atoms with van der Waals surface area (Å²) in [6, 6.07) is 10.0. The Hall–Kier alpha value is -1.13. The summed E-state index contributed by atoms with van der Waals surface area (Å²) >= 11 is 5.27. The minimum atomic E-state index is 0.717. The third kappa shape index (κ3) is 4.32. The quantitative estimate of drug-likeness (QED) is 0.716. The molecule has 2 rings (SSSR count). The molecule has 92 valence electrons. The predicted octanol–water partition coefficient (Wildman–Crippen LogP) is 1.97. The maximum absolute atomic E-state index is 5.27. The number of hydrogen-bond acceptors (Lipinski definition) is 2. The Balaban J connectivity index is 1.70. The molecule has 0 aliphatic carbocycles. The third-order valence-electron chi connectivity index (χ3n) is 3.04. The average molecular weight is 249 g/mol. The Morgan fingerprint density at radius 2 is 1.94 bits per heavy atom. The highest BCUT2D eigenvalue weighted by Gasteiger charge is 2.12. The van der Waals surface area contributed by atoms with Gasteiger partial charge < -0.3 is 16.0 Å². The number of rotatable bonds is 3. The fourth-order valence-electron chi connectivity index (χ4n) is 2.02. The van der Waals surface area contributed by atoms with Crippen LogP contribution in [0.1, 0.15) is 12.8 Å². The van der Waals surface area contributed by atoms with Gasteiger partial charge in [-0.15, -0.1) is 0 Å². The smallest absolute Gasteiger partial charge is 0.170 e. The molecule has 0 saturated carbocycles. The lowest BCUT2D eigenvalue weighted by molar-refractivity contribution is 0.373. The fraction of sp³-hybridized carbons (Fsp3) is 0.462. The molecule has 1 aromatic rings. The van der Waals surface area contributed by atoms with Gasteiger partial charge in [0.15, 0.2) is 5.11 Å². The summed E-state index contributed by atoms with van der Waals surface area (Å²) in [6.45, 7) is 3.23. The van der Waals surface area contributed by atoms with E-state index in [0.29, 0.717) is 0 Å². The molecule has 17 heavy (non-hydrogen) atoms. The van der Waals surface area contributed by atoms with Crippen molar-refractivity contribution in [3.05, 3.63) is 30.3 Å². The normalized spacial score (nSPS) is 16.5. The van der Waals surface area contributed by atoms with Gasteiger partial charge in [0.1, 0.15) is 0 Å². The van der Waals surface area contributed by atoms with Gasteiger partial charge >= 0.3 is 0 Å². The van der Waals surface area contributed by atoms with Crippen LogP contribution < -0.4 is 16.0 Å². The van der Waals surface area contributed by atoms with Crippen molar-refractivity contribution in [3.8, 4) is 0 Å². The zero-order chi connectivity index (χ0) is 11.9. The summed E-state index contributed by atoms with van der Waals surface area (Å²) in [5.41, 5.74) is 1.04. The Morgan fingerprint density at radius 1 is 1.24 bits per heavy atom. The van der Waals surface area contributed by atoms with E-state index in [0.717, 1.165) is 36.4 Å².